The Morgan fingerprint density at radius 1 is 1.00 bits per heavy atom. The van der Waals surface area contributed by atoms with Gasteiger partial charge in [0.15, 0.2) is 23.1 Å². The van der Waals surface area contributed by atoms with Gasteiger partial charge in [-0.05, 0) is 30.3 Å². The smallest absolute Gasteiger partial charge is 0.356 e. The number of pyridine rings is 1. The molecule has 3 aromatic rings. The van der Waals surface area contributed by atoms with E-state index >= 15 is 0 Å². The molecule has 0 aliphatic heterocycles. The molecular weight excluding hydrogens is 324 g/mol. The Morgan fingerprint density at radius 3 is 2.33 bits per heavy atom. The van der Waals surface area contributed by atoms with Crippen LogP contribution in [0.25, 0.3) is 10.8 Å². The van der Waals surface area contributed by atoms with Crippen LogP contribution in [0.5, 0.6) is 17.2 Å². The van der Waals surface area contributed by atoms with Crippen LogP contribution >= 0.6 is 0 Å². The first-order valence-electron chi connectivity index (χ1n) is 6.62. The topological polar surface area (TPSA) is 99.6 Å². The average Bonchev–Trinajstić information content (AvgIpc) is 2.54. The van der Waals surface area contributed by atoms with Gasteiger partial charge in [-0.1, -0.05) is 0 Å². The number of hydrogen-bond donors (Lipinski definition) is 3. The zero-order valence-corrected chi connectivity index (χ0v) is 11.8. The van der Waals surface area contributed by atoms with Crippen molar-refractivity contribution in [3.8, 4) is 17.2 Å². The molecule has 1 heterocycles. The molecule has 0 aliphatic rings. The first-order valence-corrected chi connectivity index (χ1v) is 6.62. The van der Waals surface area contributed by atoms with Gasteiger partial charge in [-0.2, -0.15) is 0 Å². The maximum absolute atomic E-state index is 13.2. The molecule has 0 amide bonds. The van der Waals surface area contributed by atoms with E-state index in [1.54, 1.807) is 0 Å². The summed E-state index contributed by atoms with van der Waals surface area (Å²) in [5.41, 5.74) is -1.36. The van der Waals surface area contributed by atoms with Gasteiger partial charge in [0.25, 0.3) is 5.56 Å². The van der Waals surface area contributed by atoms with Crippen LogP contribution in [0.2, 0.25) is 0 Å². The molecule has 0 fully saturated rings. The standard InChI is InChI=1S/C16H9F2NO5/c17-11-4-2-8(6-12(11)18)24-7-1-3-9-10(5-7)15(21)19-13(14(9)20)16(22)23/h1-6,20H,(H,19,21)(H,22,23). The monoisotopic (exact) mass is 333 g/mol. The first-order chi connectivity index (χ1) is 11.4. The second-order valence-electron chi connectivity index (χ2n) is 4.87. The quantitative estimate of drug-likeness (QED) is 0.684. The van der Waals surface area contributed by atoms with Crippen molar-refractivity contribution in [3.63, 3.8) is 0 Å². The lowest BCUT2D eigenvalue weighted by Crippen LogP contribution is -2.13. The van der Waals surface area contributed by atoms with Crippen molar-refractivity contribution in [2.45, 2.75) is 0 Å². The number of H-pyrrole nitrogens is 1. The molecule has 8 heteroatoms. The maximum Gasteiger partial charge on any atom is 0.356 e. The number of aromatic nitrogens is 1. The van der Waals surface area contributed by atoms with Gasteiger partial charge in [0, 0.05) is 11.5 Å². The summed E-state index contributed by atoms with van der Waals surface area (Å²) >= 11 is 0. The lowest BCUT2D eigenvalue weighted by atomic mass is 10.1. The minimum absolute atomic E-state index is 0.0102. The number of benzene rings is 2. The number of carbonyl (C=O) groups is 1. The highest BCUT2D eigenvalue weighted by Gasteiger charge is 2.16. The number of carboxylic acid groups (broad SMARTS) is 1. The van der Waals surface area contributed by atoms with Crippen molar-refractivity contribution >= 4 is 16.7 Å². The van der Waals surface area contributed by atoms with Gasteiger partial charge < -0.3 is 19.9 Å². The van der Waals surface area contributed by atoms with E-state index in [1.165, 1.54) is 24.3 Å². The predicted molar refractivity (Wildman–Crippen MR) is 79.6 cm³/mol. The van der Waals surface area contributed by atoms with E-state index in [0.717, 1.165) is 12.1 Å². The van der Waals surface area contributed by atoms with Gasteiger partial charge in [-0.15, -0.1) is 0 Å². The number of carboxylic acids is 1. The van der Waals surface area contributed by atoms with E-state index in [9.17, 15) is 23.5 Å². The number of aromatic hydroxyl groups is 1. The van der Waals surface area contributed by atoms with E-state index in [-0.39, 0.29) is 22.3 Å². The Bertz CT molecular complexity index is 1030. The van der Waals surface area contributed by atoms with E-state index in [1.807, 2.05) is 0 Å². The van der Waals surface area contributed by atoms with Gasteiger partial charge in [-0.25, -0.2) is 13.6 Å². The number of hydrogen-bond acceptors (Lipinski definition) is 4. The van der Waals surface area contributed by atoms with Crippen molar-refractivity contribution in [1.82, 2.24) is 4.98 Å². The van der Waals surface area contributed by atoms with Crippen LogP contribution in [-0.4, -0.2) is 21.2 Å². The van der Waals surface area contributed by atoms with Gasteiger partial charge >= 0.3 is 5.97 Å². The molecule has 0 aliphatic carbocycles. The number of ether oxygens (including phenoxy) is 1. The molecule has 0 unspecified atom stereocenters. The average molecular weight is 333 g/mol. The molecule has 0 radical (unpaired) electrons. The Labute approximate surface area is 132 Å². The number of fused-ring (bicyclic) bond motifs is 1. The van der Waals surface area contributed by atoms with Crippen LogP contribution in [0.4, 0.5) is 8.78 Å². The maximum atomic E-state index is 13.2. The molecule has 1 aromatic heterocycles. The summed E-state index contributed by atoms with van der Waals surface area (Å²) < 4.78 is 31.4. The molecule has 3 rings (SSSR count). The van der Waals surface area contributed by atoms with Crippen molar-refractivity contribution in [2.75, 3.05) is 0 Å². The first kappa shape index (κ1) is 15.5. The third kappa shape index (κ3) is 2.65. The molecule has 24 heavy (non-hydrogen) atoms. The minimum atomic E-state index is -1.48. The van der Waals surface area contributed by atoms with Crippen LogP contribution in [0.15, 0.2) is 41.2 Å². The highest BCUT2D eigenvalue weighted by atomic mass is 19.2. The summed E-state index contributed by atoms with van der Waals surface area (Å²) in [6.45, 7) is 0. The van der Waals surface area contributed by atoms with Crippen LogP contribution in [-0.2, 0) is 0 Å². The summed E-state index contributed by atoms with van der Waals surface area (Å²) in [7, 11) is 0. The van der Waals surface area contributed by atoms with Gasteiger partial charge in [0.2, 0.25) is 0 Å². The van der Waals surface area contributed by atoms with E-state index in [2.05, 4.69) is 4.98 Å². The van der Waals surface area contributed by atoms with Crippen molar-refractivity contribution in [1.29, 1.82) is 0 Å². The molecule has 122 valence electrons. The normalized spacial score (nSPS) is 10.8. The summed E-state index contributed by atoms with van der Waals surface area (Å²) in [5, 5.41) is 18.8. The van der Waals surface area contributed by atoms with Crippen LogP contribution in [0.3, 0.4) is 0 Å². The molecule has 2 aromatic carbocycles. The van der Waals surface area contributed by atoms with Crippen LogP contribution in [0, 0.1) is 11.6 Å². The van der Waals surface area contributed by atoms with Crippen LogP contribution < -0.4 is 10.3 Å². The lowest BCUT2D eigenvalue weighted by molar-refractivity contribution is 0.0687. The third-order valence-corrected chi connectivity index (χ3v) is 3.31. The Kier molecular flexibility index (Phi) is 3.64. The summed E-state index contributed by atoms with van der Waals surface area (Å²) in [6, 6.07) is 6.84. The van der Waals surface area contributed by atoms with Crippen molar-refractivity contribution < 1.29 is 28.5 Å². The summed E-state index contributed by atoms with van der Waals surface area (Å²) in [5.74, 6) is -4.04. The number of rotatable bonds is 3. The molecule has 0 saturated heterocycles. The largest absolute Gasteiger partial charge is 0.505 e. The van der Waals surface area contributed by atoms with E-state index in [0.29, 0.717) is 0 Å². The number of aromatic amines is 1. The fourth-order valence-electron chi connectivity index (χ4n) is 2.19. The number of halogens is 2. The van der Waals surface area contributed by atoms with E-state index < -0.39 is 34.6 Å². The molecule has 0 spiro atoms. The lowest BCUT2D eigenvalue weighted by Gasteiger charge is -2.08. The van der Waals surface area contributed by atoms with Gasteiger partial charge in [-0.3, -0.25) is 4.79 Å². The minimum Gasteiger partial charge on any atom is -0.505 e. The second kappa shape index (κ2) is 5.65. The fraction of sp³-hybridized carbons (Fsp3) is 0. The molecule has 0 saturated carbocycles. The molecule has 3 N–H and O–H groups in total. The molecular formula is C16H9F2NO5. The molecule has 6 nitrogen and oxygen atoms in total. The fourth-order valence-corrected chi connectivity index (χ4v) is 2.19. The van der Waals surface area contributed by atoms with Gasteiger partial charge in [0.05, 0.1) is 5.39 Å². The molecule has 0 bridgehead atoms. The summed E-state index contributed by atoms with van der Waals surface area (Å²) in [6.07, 6.45) is 0. The zero-order chi connectivity index (χ0) is 17.4. The Hall–Kier alpha value is -3.42. The number of nitrogens with one attached hydrogen (secondary N) is 1. The van der Waals surface area contributed by atoms with Gasteiger partial charge in [0.1, 0.15) is 11.5 Å². The highest BCUT2D eigenvalue weighted by molar-refractivity contribution is 5.98. The van der Waals surface area contributed by atoms with Crippen molar-refractivity contribution in [2.24, 2.45) is 0 Å². The van der Waals surface area contributed by atoms with Crippen molar-refractivity contribution in [3.05, 3.63) is 64.1 Å². The SMILES string of the molecule is O=C(O)c1[nH]c(=O)c2cc(Oc3ccc(F)c(F)c3)ccc2c1O. The molecule has 0 atom stereocenters. The Balaban J connectivity index is 2.07. The Morgan fingerprint density at radius 2 is 1.67 bits per heavy atom. The highest BCUT2D eigenvalue weighted by Crippen LogP contribution is 2.30. The summed E-state index contributed by atoms with van der Waals surface area (Å²) in [4.78, 5) is 25.0. The third-order valence-electron chi connectivity index (χ3n) is 3.31. The van der Waals surface area contributed by atoms with Crippen LogP contribution in [0.1, 0.15) is 10.5 Å². The zero-order valence-electron chi connectivity index (χ0n) is 11.8. The predicted octanol–water partition coefficient (Wildman–Crippen LogP) is 3.00. The van der Waals surface area contributed by atoms with E-state index in [4.69, 9.17) is 9.84 Å². The second-order valence-corrected chi connectivity index (χ2v) is 4.87. The number of aromatic carboxylic acids is 1.